The van der Waals surface area contributed by atoms with Gasteiger partial charge in [-0.1, -0.05) is 6.92 Å². The number of aromatic nitrogens is 3. The zero-order chi connectivity index (χ0) is 8.72. The molecule has 1 atom stereocenters. The Balaban J connectivity index is 2.31. The quantitative estimate of drug-likeness (QED) is 0.711. The van der Waals surface area contributed by atoms with E-state index in [9.17, 15) is 0 Å². The second-order valence-electron chi connectivity index (χ2n) is 3.57. The summed E-state index contributed by atoms with van der Waals surface area (Å²) in [6.45, 7) is 2.22. The summed E-state index contributed by atoms with van der Waals surface area (Å²) in [4.78, 5) is 0. The summed E-state index contributed by atoms with van der Waals surface area (Å²) >= 11 is 5.05. The van der Waals surface area contributed by atoms with Crippen molar-refractivity contribution >= 4 is 12.2 Å². The van der Waals surface area contributed by atoms with Crippen LogP contribution in [0.5, 0.6) is 0 Å². The van der Waals surface area contributed by atoms with Crippen molar-refractivity contribution < 1.29 is 0 Å². The van der Waals surface area contributed by atoms with Gasteiger partial charge in [0.2, 0.25) is 0 Å². The van der Waals surface area contributed by atoms with E-state index in [1.165, 1.54) is 12.8 Å². The van der Waals surface area contributed by atoms with Gasteiger partial charge in [-0.15, -0.1) is 0 Å². The molecule has 1 N–H and O–H groups in total. The molecule has 66 valence electrons. The third-order valence-electron chi connectivity index (χ3n) is 2.65. The lowest BCUT2D eigenvalue weighted by Gasteiger charge is -2.07. The Bertz CT molecular complexity index is 334. The zero-order valence-corrected chi connectivity index (χ0v) is 8.19. The lowest BCUT2D eigenvalue weighted by molar-refractivity contribution is 0.591. The molecule has 0 bridgehead atoms. The zero-order valence-electron chi connectivity index (χ0n) is 7.37. The predicted octanol–water partition coefficient (Wildman–Crippen LogP) is 1.99. The molecule has 1 unspecified atom stereocenters. The van der Waals surface area contributed by atoms with Gasteiger partial charge in [-0.2, -0.15) is 5.10 Å². The van der Waals surface area contributed by atoms with E-state index in [0.29, 0.717) is 5.92 Å². The van der Waals surface area contributed by atoms with Gasteiger partial charge in [-0.3, -0.25) is 5.10 Å². The molecular weight excluding hydrogens is 170 g/mol. The van der Waals surface area contributed by atoms with Crippen molar-refractivity contribution in [2.45, 2.75) is 25.7 Å². The number of nitrogens with zero attached hydrogens (tertiary/aromatic N) is 2. The van der Waals surface area contributed by atoms with Gasteiger partial charge in [-0.05, 0) is 31.0 Å². The molecule has 1 saturated carbocycles. The fourth-order valence-corrected chi connectivity index (χ4v) is 1.71. The van der Waals surface area contributed by atoms with Crippen molar-refractivity contribution in [3.8, 4) is 0 Å². The van der Waals surface area contributed by atoms with Crippen LogP contribution in [0.4, 0.5) is 0 Å². The lowest BCUT2D eigenvalue weighted by Crippen LogP contribution is -2.04. The summed E-state index contributed by atoms with van der Waals surface area (Å²) in [6.07, 6.45) is 2.70. The van der Waals surface area contributed by atoms with E-state index in [1.54, 1.807) is 0 Å². The van der Waals surface area contributed by atoms with Gasteiger partial charge in [0.05, 0.1) is 0 Å². The molecule has 1 aliphatic carbocycles. The molecule has 0 radical (unpaired) electrons. The fraction of sp³-hybridized carbons (Fsp3) is 0.750. The summed E-state index contributed by atoms with van der Waals surface area (Å²) in [7, 11) is 1.97. The van der Waals surface area contributed by atoms with E-state index in [4.69, 9.17) is 12.2 Å². The molecule has 12 heavy (non-hydrogen) atoms. The first-order valence-electron chi connectivity index (χ1n) is 4.31. The molecule has 2 rings (SSSR count). The van der Waals surface area contributed by atoms with Crippen LogP contribution in [-0.4, -0.2) is 14.8 Å². The molecule has 1 aromatic heterocycles. The number of H-pyrrole nitrogens is 1. The topological polar surface area (TPSA) is 33.6 Å². The SMILES string of the molecule is CC(c1n[nH]c(=S)n1C)C1CC1. The smallest absolute Gasteiger partial charge is 0.194 e. The van der Waals surface area contributed by atoms with Crippen LogP contribution < -0.4 is 0 Å². The number of nitrogens with one attached hydrogen (secondary N) is 1. The first-order chi connectivity index (χ1) is 5.70. The highest BCUT2D eigenvalue weighted by Gasteiger charge is 2.31. The Morgan fingerprint density at radius 1 is 1.67 bits per heavy atom. The highest BCUT2D eigenvalue weighted by atomic mass is 32.1. The number of hydrogen-bond donors (Lipinski definition) is 1. The van der Waals surface area contributed by atoms with Crippen LogP contribution in [0.15, 0.2) is 0 Å². The molecule has 1 aromatic rings. The van der Waals surface area contributed by atoms with Crippen LogP contribution >= 0.6 is 12.2 Å². The Kier molecular flexibility index (Phi) is 1.79. The Labute approximate surface area is 76.8 Å². The predicted molar refractivity (Wildman–Crippen MR) is 49.5 cm³/mol. The summed E-state index contributed by atoms with van der Waals surface area (Å²) in [5, 5.41) is 7.04. The van der Waals surface area contributed by atoms with Crippen molar-refractivity contribution in [2.75, 3.05) is 0 Å². The fourth-order valence-electron chi connectivity index (χ4n) is 1.57. The van der Waals surface area contributed by atoms with Gasteiger partial charge < -0.3 is 4.57 Å². The Hall–Kier alpha value is -0.640. The number of aromatic amines is 1. The molecule has 0 aromatic carbocycles. The number of hydrogen-bond acceptors (Lipinski definition) is 2. The van der Waals surface area contributed by atoms with Crippen LogP contribution in [0.3, 0.4) is 0 Å². The first-order valence-corrected chi connectivity index (χ1v) is 4.72. The maximum Gasteiger partial charge on any atom is 0.194 e. The largest absolute Gasteiger partial charge is 0.307 e. The lowest BCUT2D eigenvalue weighted by atomic mass is 10.1. The standard InChI is InChI=1S/C8H13N3S/c1-5(6-3-4-6)7-9-10-8(12)11(7)2/h5-6H,3-4H2,1-2H3,(H,10,12). The highest BCUT2D eigenvalue weighted by molar-refractivity contribution is 7.71. The molecular formula is C8H13N3S. The molecule has 0 saturated heterocycles. The van der Waals surface area contributed by atoms with E-state index in [-0.39, 0.29) is 0 Å². The van der Waals surface area contributed by atoms with Crippen LogP contribution in [-0.2, 0) is 7.05 Å². The second kappa shape index (κ2) is 2.69. The summed E-state index contributed by atoms with van der Waals surface area (Å²) in [5.74, 6) is 2.50. The molecule has 1 fully saturated rings. The van der Waals surface area contributed by atoms with Crippen molar-refractivity contribution in [1.29, 1.82) is 0 Å². The van der Waals surface area contributed by atoms with Crippen LogP contribution in [0.1, 0.15) is 31.5 Å². The van der Waals surface area contributed by atoms with Gasteiger partial charge in [0.25, 0.3) is 0 Å². The summed E-state index contributed by atoms with van der Waals surface area (Å²) in [5.41, 5.74) is 0. The monoisotopic (exact) mass is 183 g/mol. The highest BCUT2D eigenvalue weighted by Crippen LogP contribution is 2.41. The molecule has 3 nitrogen and oxygen atoms in total. The first kappa shape index (κ1) is 7.98. The van der Waals surface area contributed by atoms with Gasteiger partial charge >= 0.3 is 0 Å². The van der Waals surface area contributed by atoms with Gasteiger partial charge in [-0.25, -0.2) is 0 Å². The van der Waals surface area contributed by atoms with E-state index < -0.39 is 0 Å². The maximum absolute atomic E-state index is 5.05. The third-order valence-corrected chi connectivity index (χ3v) is 3.02. The van der Waals surface area contributed by atoms with Crippen molar-refractivity contribution in [1.82, 2.24) is 14.8 Å². The normalized spacial score (nSPS) is 19.5. The van der Waals surface area contributed by atoms with Gasteiger partial charge in [0.1, 0.15) is 5.82 Å². The van der Waals surface area contributed by atoms with Crippen LogP contribution in [0.2, 0.25) is 0 Å². The average Bonchev–Trinajstić information content (AvgIpc) is 2.82. The van der Waals surface area contributed by atoms with E-state index in [0.717, 1.165) is 16.5 Å². The molecule has 0 amide bonds. The molecule has 4 heteroatoms. The molecule has 1 heterocycles. The van der Waals surface area contributed by atoms with E-state index >= 15 is 0 Å². The van der Waals surface area contributed by atoms with Gasteiger partial charge in [0.15, 0.2) is 4.77 Å². The Morgan fingerprint density at radius 2 is 2.33 bits per heavy atom. The minimum Gasteiger partial charge on any atom is -0.307 e. The summed E-state index contributed by atoms with van der Waals surface area (Å²) in [6, 6.07) is 0. The third kappa shape index (κ3) is 1.20. The summed E-state index contributed by atoms with van der Waals surface area (Å²) < 4.78 is 2.69. The van der Waals surface area contributed by atoms with Crippen LogP contribution in [0, 0.1) is 10.7 Å². The molecule has 0 spiro atoms. The maximum atomic E-state index is 5.05. The second-order valence-corrected chi connectivity index (χ2v) is 3.96. The average molecular weight is 183 g/mol. The van der Waals surface area contributed by atoms with Crippen molar-refractivity contribution in [2.24, 2.45) is 13.0 Å². The van der Waals surface area contributed by atoms with Crippen molar-refractivity contribution in [3.63, 3.8) is 0 Å². The van der Waals surface area contributed by atoms with E-state index in [2.05, 4.69) is 17.1 Å². The Morgan fingerprint density at radius 3 is 2.75 bits per heavy atom. The molecule has 1 aliphatic rings. The minimum absolute atomic E-state index is 0.558. The number of rotatable bonds is 2. The molecule has 0 aliphatic heterocycles. The van der Waals surface area contributed by atoms with E-state index in [1.807, 2.05) is 11.6 Å². The minimum atomic E-state index is 0.558. The van der Waals surface area contributed by atoms with Crippen LogP contribution in [0.25, 0.3) is 0 Å². The van der Waals surface area contributed by atoms with Gasteiger partial charge in [0, 0.05) is 13.0 Å². The van der Waals surface area contributed by atoms with Crippen molar-refractivity contribution in [3.05, 3.63) is 10.6 Å².